The summed E-state index contributed by atoms with van der Waals surface area (Å²) < 4.78 is 13.2. The van der Waals surface area contributed by atoms with Gasteiger partial charge in [-0.1, -0.05) is 6.07 Å². The van der Waals surface area contributed by atoms with E-state index in [1.54, 1.807) is 19.9 Å². The van der Waals surface area contributed by atoms with Crippen molar-refractivity contribution in [3.8, 4) is 0 Å². The van der Waals surface area contributed by atoms with Crippen LogP contribution < -0.4 is 0 Å². The summed E-state index contributed by atoms with van der Waals surface area (Å²) in [4.78, 5) is 11.1. The summed E-state index contributed by atoms with van der Waals surface area (Å²) in [5.74, 6) is -1.06. The van der Waals surface area contributed by atoms with E-state index < -0.39 is 11.4 Å². The van der Waals surface area contributed by atoms with Gasteiger partial charge in [0.15, 0.2) is 0 Å². The number of rotatable bonds is 2. The summed E-state index contributed by atoms with van der Waals surface area (Å²) in [5, 5.41) is 9.15. The van der Waals surface area contributed by atoms with Crippen LogP contribution in [0.1, 0.15) is 29.5 Å². The van der Waals surface area contributed by atoms with Gasteiger partial charge < -0.3 is 5.11 Å². The first-order valence-electron chi connectivity index (χ1n) is 4.98. The van der Waals surface area contributed by atoms with Gasteiger partial charge in [0.2, 0.25) is 0 Å². The average molecular weight is 208 g/mol. The Morgan fingerprint density at radius 3 is 2.40 bits per heavy atom. The van der Waals surface area contributed by atoms with E-state index in [-0.39, 0.29) is 5.82 Å². The smallest absolute Gasteiger partial charge is 0.314 e. The predicted octanol–water partition coefficient (Wildman–Crippen LogP) is 2.56. The molecule has 0 aromatic heterocycles. The van der Waals surface area contributed by atoms with Gasteiger partial charge in [0.05, 0.1) is 5.41 Å². The van der Waals surface area contributed by atoms with Crippen LogP contribution in [-0.2, 0) is 10.2 Å². The maximum absolute atomic E-state index is 13.2. The SMILES string of the molecule is Cc1cc(C2(C(=O)O)CC2)c(C)cc1F. The fraction of sp³-hybridized carbons (Fsp3) is 0.417. The molecular weight excluding hydrogens is 195 g/mol. The first-order chi connectivity index (χ1) is 6.97. The van der Waals surface area contributed by atoms with E-state index in [1.165, 1.54) is 6.07 Å². The minimum absolute atomic E-state index is 0.266. The highest BCUT2D eigenvalue weighted by atomic mass is 19.1. The summed E-state index contributed by atoms with van der Waals surface area (Å²) in [6.45, 7) is 3.43. The topological polar surface area (TPSA) is 37.3 Å². The van der Waals surface area contributed by atoms with Crippen molar-refractivity contribution in [3.05, 3.63) is 34.6 Å². The van der Waals surface area contributed by atoms with Crippen LogP contribution in [0.3, 0.4) is 0 Å². The van der Waals surface area contributed by atoms with E-state index in [1.807, 2.05) is 0 Å². The van der Waals surface area contributed by atoms with Crippen molar-refractivity contribution >= 4 is 5.97 Å². The standard InChI is InChI=1S/C12H13FO2/c1-7-6-10(13)8(2)5-9(7)12(3-4-12)11(14)15/h5-6H,3-4H2,1-2H3,(H,14,15). The zero-order valence-corrected chi connectivity index (χ0v) is 8.80. The van der Waals surface area contributed by atoms with Crippen molar-refractivity contribution in [1.82, 2.24) is 0 Å². The number of hydrogen-bond acceptors (Lipinski definition) is 1. The number of aryl methyl sites for hydroxylation is 2. The van der Waals surface area contributed by atoms with Crippen molar-refractivity contribution in [3.63, 3.8) is 0 Å². The molecule has 0 spiro atoms. The highest BCUT2D eigenvalue weighted by Gasteiger charge is 2.52. The Balaban J connectivity index is 2.54. The molecule has 1 aliphatic carbocycles. The molecule has 0 heterocycles. The second-order valence-corrected chi connectivity index (χ2v) is 4.30. The summed E-state index contributed by atoms with van der Waals surface area (Å²) in [6.07, 6.45) is 1.32. The van der Waals surface area contributed by atoms with Crippen LogP contribution in [0.4, 0.5) is 4.39 Å². The summed E-state index contributed by atoms with van der Waals surface area (Å²) in [5.41, 5.74) is 1.29. The lowest BCUT2D eigenvalue weighted by molar-refractivity contribution is -0.140. The van der Waals surface area contributed by atoms with Gasteiger partial charge in [0.25, 0.3) is 0 Å². The van der Waals surface area contributed by atoms with Gasteiger partial charge in [-0.15, -0.1) is 0 Å². The van der Waals surface area contributed by atoms with Gasteiger partial charge in [-0.25, -0.2) is 4.39 Å². The minimum atomic E-state index is -0.795. The largest absolute Gasteiger partial charge is 0.481 e. The van der Waals surface area contributed by atoms with Crippen LogP contribution in [0, 0.1) is 19.7 Å². The van der Waals surface area contributed by atoms with Crippen molar-refractivity contribution < 1.29 is 14.3 Å². The third-order valence-electron chi connectivity index (χ3n) is 3.18. The molecule has 0 radical (unpaired) electrons. The molecule has 3 heteroatoms. The monoisotopic (exact) mass is 208 g/mol. The Hall–Kier alpha value is -1.38. The van der Waals surface area contributed by atoms with Crippen molar-refractivity contribution in [2.45, 2.75) is 32.1 Å². The van der Waals surface area contributed by atoms with E-state index in [4.69, 9.17) is 5.11 Å². The molecule has 0 unspecified atom stereocenters. The van der Waals surface area contributed by atoms with E-state index in [0.29, 0.717) is 18.4 Å². The molecule has 0 saturated heterocycles. The molecule has 1 fully saturated rings. The number of hydrogen-bond donors (Lipinski definition) is 1. The van der Waals surface area contributed by atoms with Gasteiger partial charge in [-0.2, -0.15) is 0 Å². The van der Waals surface area contributed by atoms with E-state index in [0.717, 1.165) is 11.1 Å². The van der Waals surface area contributed by atoms with Crippen molar-refractivity contribution in [2.75, 3.05) is 0 Å². The Labute approximate surface area is 87.7 Å². The van der Waals surface area contributed by atoms with Crippen LogP contribution in [0.2, 0.25) is 0 Å². The molecule has 0 aliphatic heterocycles. The fourth-order valence-electron chi connectivity index (χ4n) is 2.02. The molecule has 1 aromatic carbocycles. The van der Waals surface area contributed by atoms with E-state index in [9.17, 15) is 9.18 Å². The zero-order valence-electron chi connectivity index (χ0n) is 8.80. The van der Waals surface area contributed by atoms with Crippen LogP contribution in [0.25, 0.3) is 0 Å². The second-order valence-electron chi connectivity index (χ2n) is 4.30. The molecule has 2 rings (SSSR count). The molecule has 1 N–H and O–H groups in total. The summed E-state index contributed by atoms with van der Waals surface area (Å²) >= 11 is 0. The van der Waals surface area contributed by atoms with Gasteiger partial charge in [-0.3, -0.25) is 4.79 Å². The molecule has 0 amide bonds. The normalized spacial score (nSPS) is 17.5. The zero-order chi connectivity index (χ0) is 11.2. The minimum Gasteiger partial charge on any atom is -0.481 e. The van der Waals surface area contributed by atoms with Crippen molar-refractivity contribution in [2.24, 2.45) is 0 Å². The lowest BCUT2D eigenvalue weighted by Gasteiger charge is -2.14. The predicted molar refractivity (Wildman–Crippen MR) is 54.4 cm³/mol. The number of aliphatic carboxylic acids is 1. The van der Waals surface area contributed by atoms with Crippen LogP contribution >= 0.6 is 0 Å². The van der Waals surface area contributed by atoms with Crippen molar-refractivity contribution in [1.29, 1.82) is 0 Å². The number of carbonyl (C=O) groups is 1. The average Bonchev–Trinajstić information content (AvgIpc) is 2.92. The molecule has 0 atom stereocenters. The van der Waals surface area contributed by atoms with Gasteiger partial charge in [0.1, 0.15) is 5.82 Å². The Kier molecular flexibility index (Phi) is 2.07. The second kappa shape index (κ2) is 3.05. The first kappa shape index (κ1) is 10.1. The lowest BCUT2D eigenvalue weighted by atomic mass is 9.90. The number of halogens is 1. The third kappa shape index (κ3) is 1.42. The van der Waals surface area contributed by atoms with E-state index >= 15 is 0 Å². The van der Waals surface area contributed by atoms with Gasteiger partial charge >= 0.3 is 5.97 Å². The molecule has 80 valence electrons. The summed E-state index contributed by atoms with van der Waals surface area (Å²) in [7, 11) is 0. The molecule has 15 heavy (non-hydrogen) atoms. The number of carboxylic acid groups (broad SMARTS) is 1. The summed E-state index contributed by atoms with van der Waals surface area (Å²) in [6, 6.07) is 3.10. The third-order valence-corrected chi connectivity index (χ3v) is 3.18. The maximum Gasteiger partial charge on any atom is 0.314 e. The first-order valence-corrected chi connectivity index (χ1v) is 4.98. The molecule has 2 nitrogen and oxygen atoms in total. The van der Waals surface area contributed by atoms with Gasteiger partial charge in [-0.05, 0) is 49.4 Å². The lowest BCUT2D eigenvalue weighted by Crippen LogP contribution is -2.21. The molecule has 1 aliphatic rings. The number of benzene rings is 1. The number of carboxylic acids is 1. The fourth-order valence-corrected chi connectivity index (χ4v) is 2.02. The molecule has 1 saturated carbocycles. The molecule has 1 aromatic rings. The quantitative estimate of drug-likeness (QED) is 0.811. The van der Waals surface area contributed by atoms with Crippen LogP contribution in [-0.4, -0.2) is 11.1 Å². The van der Waals surface area contributed by atoms with Gasteiger partial charge in [0, 0.05) is 0 Å². The molecule has 0 bridgehead atoms. The van der Waals surface area contributed by atoms with Crippen LogP contribution in [0.5, 0.6) is 0 Å². The Bertz CT molecular complexity index is 433. The maximum atomic E-state index is 13.2. The van der Waals surface area contributed by atoms with Crippen LogP contribution in [0.15, 0.2) is 12.1 Å². The Morgan fingerprint density at radius 1 is 1.33 bits per heavy atom. The Morgan fingerprint density at radius 2 is 1.93 bits per heavy atom. The molecular formula is C12H13FO2. The highest BCUT2D eigenvalue weighted by molar-refractivity contribution is 5.85. The highest BCUT2D eigenvalue weighted by Crippen LogP contribution is 2.49. The van der Waals surface area contributed by atoms with E-state index in [2.05, 4.69) is 0 Å².